The van der Waals surface area contributed by atoms with E-state index in [1.54, 1.807) is 0 Å². The third-order valence-corrected chi connectivity index (χ3v) is 3.01. The topological polar surface area (TPSA) is 3.24 Å². The Morgan fingerprint density at radius 3 is 2.38 bits per heavy atom. The van der Waals surface area contributed by atoms with E-state index in [-0.39, 0.29) is 0 Å². The Kier molecular flexibility index (Phi) is 6.51. The van der Waals surface area contributed by atoms with Gasteiger partial charge in [0.15, 0.2) is 0 Å². The van der Waals surface area contributed by atoms with Gasteiger partial charge in [-0.15, -0.1) is 11.6 Å². The molecule has 0 heterocycles. The number of aryl methyl sites for hydroxylation is 1. The van der Waals surface area contributed by atoms with Crippen LogP contribution in [0.3, 0.4) is 0 Å². The van der Waals surface area contributed by atoms with Gasteiger partial charge < -0.3 is 4.90 Å². The fourth-order valence-corrected chi connectivity index (χ4v) is 1.93. The fraction of sp³-hybridized carbons (Fsp3) is 0.571. The SMILES string of the molecule is Cc1ccc(CN(C)CCCCCCl)cc1. The Balaban J connectivity index is 2.23. The van der Waals surface area contributed by atoms with Crippen molar-refractivity contribution in [1.29, 1.82) is 0 Å². The molecule has 0 atom stereocenters. The second-order valence-electron chi connectivity index (χ2n) is 4.47. The molecule has 0 amide bonds. The van der Waals surface area contributed by atoms with Gasteiger partial charge in [-0.3, -0.25) is 0 Å². The maximum Gasteiger partial charge on any atom is 0.0230 e. The second-order valence-corrected chi connectivity index (χ2v) is 4.85. The van der Waals surface area contributed by atoms with Crippen LogP contribution in [0.15, 0.2) is 24.3 Å². The Hall–Kier alpha value is -0.530. The van der Waals surface area contributed by atoms with Crippen molar-refractivity contribution in [3.05, 3.63) is 35.4 Å². The van der Waals surface area contributed by atoms with Crippen molar-refractivity contribution in [2.24, 2.45) is 0 Å². The number of nitrogens with zero attached hydrogens (tertiary/aromatic N) is 1. The minimum atomic E-state index is 0.793. The highest BCUT2D eigenvalue weighted by Crippen LogP contribution is 2.07. The van der Waals surface area contributed by atoms with Gasteiger partial charge in [0.05, 0.1) is 0 Å². The van der Waals surface area contributed by atoms with Gasteiger partial charge in [0.1, 0.15) is 0 Å². The molecule has 0 bridgehead atoms. The van der Waals surface area contributed by atoms with E-state index < -0.39 is 0 Å². The summed E-state index contributed by atoms with van der Waals surface area (Å²) in [5.41, 5.74) is 2.72. The third kappa shape index (κ3) is 5.53. The van der Waals surface area contributed by atoms with Gasteiger partial charge in [-0.05, 0) is 38.9 Å². The molecule has 0 radical (unpaired) electrons. The van der Waals surface area contributed by atoms with Crippen molar-refractivity contribution in [1.82, 2.24) is 4.90 Å². The van der Waals surface area contributed by atoms with E-state index in [1.165, 1.54) is 24.0 Å². The number of alkyl halides is 1. The molecule has 0 fully saturated rings. The average Bonchev–Trinajstić information content (AvgIpc) is 2.28. The van der Waals surface area contributed by atoms with Gasteiger partial charge in [0, 0.05) is 12.4 Å². The normalized spacial score (nSPS) is 11.0. The molecular weight excluding hydrogens is 218 g/mol. The van der Waals surface area contributed by atoms with Crippen LogP contribution in [0.1, 0.15) is 30.4 Å². The van der Waals surface area contributed by atoms with Gasteiger partial charge in [-0.25, -0.2) is 0 Å². The van der Waals surface area contributed by atoms with Crippen LogP contribution in [0, 0.1) is 6.92 Å². The van der Waals surface area contributed by atoms with E-state index in [0.717, 1.165) is 25.4 Å². The Morgan fingerprint density at radius 2 is 1.75 bits per heavy atom. The van der Waals surface area contributed by atoms with E-state index in [4.69, 9.17) is 11.6 Å². The number of rotatable bonds is 7. The molecule has 90 valence electrons. The molecule has 0 saturated carbocycles. The molecule has 0 aliphatic heterocycles. The zero-order chi connectivity index (χ0) is 11.8. The lowest BCUT2D eigenvalue weighted by atomic mass is 10.1. The van der Waals surface area contributed by atoms with Crippen LogP contribution in [0.2, 0.25) is 0 Å². The fourth-order valence-electron chi connectivity index (χ4n) is 1.74. The first-order chi connectivity index (χ1) is 7.72. The molecular formula is C14H22ClN. The molecule has 0 saturated heterocycles. The standard InChI is InChI=1S/C14H22ClN/c1-13-6-8-14(9-7-13)12-16(2)11-5-3-4-10-15/h6-9H,3-5,10-12H2,1-2H3. The summed E-state index contributed by atoms with van der Waals surface area (Å²) in [5.74, 6) is 0.793. The van der Waals surface area contributed by atoms with E-state index in [0.29, 0.717) is 0 Å². The average molecular weight is 240 g/mol. The summed E-state index contributed by atoms with van der Waals surface area (Å²) in [6.45, 7) is 4.32. The summed E-state index contributed by atoms with van der Waals surface area (Å²) in [5, 5.41) is 0. The van der Waals surface area contributed by atoms with Gasteiger partial charge in [-0.1, -0.05) is 36.2 Å². The maximum absolute atomic E-state index is 5.65. The zero-order valence-electron chi connectivity index (χ0n) is 10.4. The molecule has 2 heteroatoms. The van der Waals surface area contributed by atoms with Crippen LogP contribution in [-0.4, -0.2) is 24.4 Å². The number of hydrogen-bond donors (Lipinski definition) is 0. The smallest absolute Gasteiger partial charge is 0.0230 e. The summed E-state index contributed by atoms with van der Waals surface area (Å²) in [6.07, 6.45) is 3.62. The van der Waals surface area contributed by atoms with Crippen LogP contribution in [0.5, 0.6) is 0 Å². The molecule has 0 unspecified atom stereocenters. The van der Waals surface area contributed by atoms with Crippen LogP contribution in [0.4, 0.5) is 0 Å². The molecule has 1 aromatic rings. The highest BCUT2D eigenvalue weighted by Gasteiger charge is 1.99. The number of hydrogen-bond acceptors (Lipinski definition) is 1. The van der Waals surface area contributed by atoms with Crippen molar-refractivity contribution in [2.75, 3.05) is 19.5 Å². The van der Waals surface area contributed by atoms with Crippen LogP contribution < -0.4 is 0 Å². The Morgan fingerprint density at radius 1 is 1.06 bits per heavy atom. The molecule has 0 aliphatic rings. The predicted molar refractivity (Wildman–Crippen MR) is 72.1 cm³/mol. The molecule has 0 N–H and O–H groups in total. The molecule has 0 spiro atoms. The van der Waals surface area contributed by atoms with Gasteiger partial charge in [0.2, 0.25) is 0 Å². The maximum atomic E-state index is 5.65. The third-order valence-electron chi connectivity index (χ3n) is 2.75. The quantitative estimate of drug-likeness (QED) is 0.516. The number of unbranched alkanes of at least 4 members (excludes halogenated alkanes) is 2. The van der Waals surface area contributed by atoms with Crippen molar-refractivity contribution >= 4 is 11.6 Å². The largest absolute Gasteiger partial charge is 0.302 e. The lowest BCUT2D eigenvalue weighted by molar-refractivity contribution is 0.318. The van der Waals surface area contributed by atoms with Crippen molar-refractivity contribution in [2.45, 2.75) is 32.7 Å². The highest BCUT2D eigenvalue weighted by atomic mass is 35.5. The number of benzene rings is 1. The van der Waals surface area contributed by atoms with Gasteiger partial charge in [-0.2, -0.15) is 0 Å². The first-order valence-electron chi connectivity index (χ1n) is 6.02. The highest BCUT2D eigenvalue weighted by molar-refractivity contribution is 6.17. The summed E-state index contributed by atoms with van der Waals surface area (Å²) in [7, 11) is 2.18. The summed E-state index contributed by atoms with van der Waals surface area (Å²) >= 11 is 5.65. The minimum absolute atomic E-state index is 0.793. The lowest BCUT2D eigenvalue weighted by Gasteiger charge is -2.16. The first kappa shape index (κ1) is 13.5. The first-order valence-corrected chi connectivity index (χ1v) is 6.56. The number of halogens is 1. The zero-order valence-corrected chi connectivity index (χ0v) is 11.1. The van der Waals surface area contributed by atoms with Gasteiger partial charge >= 0.3 is 0 Å². The van der Waals surface area contributed by atoms with Crippen molar-refractivity contribution in [3.63, 3.8) is 0 Å². The molecule has 0 aromatic heterocycles. The van der Waals surface area contributed by atoms with Crippen LogP contribution in [-0.2, 0) is 6.54 Å². The minimum Gasteiger partial charge on any atom is -0.302 e. The summed E-state index contributed by atoms with van der Waals surface area (Å²) < 4.78 is 0. The molecule has 1 rings (SSSR count). The van der Waals surface area contributed by atoms with E-state index in [2.05, 4.69) is 43.1 Å². The molecule has 1 aromatic carbocycles. The van der Waals surface area contributed by atoms with Crippen molar-refractivity contribution < 1.29 is 0 Å². The Bertz CT molecular complexity index is 281. The van der Waals surface area contributed by atoms with E-state index >= 15 is 0 Å². The molecule has 1 nitrogen and oxygen atoms in total. The molecule has 16 heavy (non-hydrogen) atoms. The van der Waals surface area contributed by atoms with Crippen LogP contribution >= 0.6 is 11.6 Å². The van der Waals surface area contributed by atoms with E-state index in [1.807, 2.05) is 0 Å². The lowest BCUT2D eigenvalue weighted by Crippen LogP contribution is -2.19. The summed E-state index contributed by atoms with van der Waals surface area (Å²) in [4.78, 5) is 2.37. The summed E-state index contributed by atoms with van der Waals surface area (Å²) in [6, 6.07) is 8.78. The second kappa shape index (κ2) is 7.70. The van der Waals surface area contributed by atoms with E-state index in [9.17, 15) is 0 Å². The van der Waals surface area contributed by atoms with Gasteiger partial charge in [0.25, 0.3) is 0 Å². The van der Waals surface area contributed by atoms with Crippen LogP contribution in [0.25, 0.3) is 0 Å². The Labute approximate surface area is 104 Å². The van der Waals surface area contributed by atoms with Crippen molar-refractivity contribution in [3.8, 4) is 0 Å². The predicted octanol–water partition coefficient (Wildman–Crippen LogP) is 3.84. The molecule has 0 aliphatic carbocycles. The monoisotopic (exact) mass is 239 g/mol.